The molecule has 3 rings (SSSR count). The Morgan fingerprint density at radius 1 is 1.11 bits per heavy atom. The fraction of sp³-hybridized carbons (Fsp3) is 0.450. The van der Waals surface area contributed by atoms with Crippen molar-refractivity contribution in [3.63, 3.8) is 0 Å². The number of anilines is 1. The molecular weight excluding hydrogens is 344 g/mol. The number of aryl methyl sites for hydroxylation is 1. The van der Waals surface area contributed by atoms with Gasteiger partial charge >= 0.3 is 0 Å². The second kappa shape index (κ2) is 7.82. The highest BCUT2D eigenvalue weighted by atomic mass is 16.5. The van der Waals surface area contributed by atoms with Crippen LogP contribution in [0.4, 0.5) is 5.82 Å². The minimum absolute atomic E-state index is 0.0901. The normalized spacial score (nSPS) is 13.3. The lowest BCUT2D eigenvalue weighted by molar-refractivity contribution is 0.0728. The zero-order valence-electron chi connectivity index (χ0n) is 16.5. The van der Waals surface area contributed by atoms with E-state index in [1.54, 1.807) is 27.2 Å². The number of fused-ring (bicyclic) bond motifs is 1. The molecule has 144 valence electrons. The van der Waals surface area contributed by atoms with Gasteiger partial charge in [-0.3, -0.25) is 4.79 Å². The summed E-state index contributed by atoms with van der Waals surface area (Å²) >= 11 is 0. The second-order valence-corrected chi connectivity index (χ2v) is 6.94. The molecule has 0 atom stereocenters. The van der Waals surface area contributed by atoms with Crippen LogP contribution in [-0.4, -0.2) is 47.6 Å². The lowest BCUT2D eigenvalue weighted by Gasteiger charge is -2.29. The standard InChI is InChI=1S/C20H26N4O3/c1-12(2)21-19-10-16(22-13(3)23-19)20(25)24-7-6-14-8-17(26-4)18(27-5)9-15(14)11-24/h8-10,12H,6-7,11H2,1-5H3,(H,21,22,23). The predicted molar refractivity (Wildman–Crippen MR) is 104 cm³/mol. The van der Waals surface area contributed by atoms with Gasteiger partial charge in [-0.05, 0) is 50.5 Å². The Morgan fingerprint density at radius 3 is 2.41 bits per heavy atom. The van der Waals surface area contributed by atoms with Gasteiger partial charge in [-0.1, -0.05) is 0 Å². The van der Waals surface area contributed by atoms with Gasteiger partial charge in [0.2, 0.25) is 0 Å². The van der Waals surface area contributed by atoms with E-state index in [4.69, 9.17) is 9.47 Å². The monoisotopic (exact) mass is 370 g/mol. The number of benzene rings is 1. The molecule has 0 fully saturated rings. The Bertz CT molecular complexity index is 851. The quantitative estimate of drug-likeness (QED) is 0.872. The summed E-state index contributed by atoms with van der Waals surface area (Å²) in [5.74, 6) is 2.55. The smallest absolute Gasteiger partial charge is 0.272 e. The molecule has 7 nitrogen and oxygen atoms in total. The first-order valence-electron chi connectivity index (χ1n) is 9.06. The third-order valence-corrected chi connectivity index (χ3v) is 4.50. The Labute approximate surface area is 159 Å². The van der Waals surface area contributed by atoms with E-state index in [9.17, 15) is 4.79 Å². The first-order chi connectivity index (χ1) is 12.9. The lowest BCUT2D eigenvalue weighted by atomic mass is 9.98. The van der Waals surface area contributed by atoms with Crippen molar-refractivity contribution < 1.29 is 14.3 Å². The number of hydrogen-bond acceptors (Lipinski definition) is 6. The molecule has 0 saturated heterocycles. The SMILES string of the molecule is COc1cc2c(cc1OC)CN(C(=O)c1cc(NC(C)C)nc(C)n1)CC2. The molecule has 27 heavy (non-hydrogen) atoms. The molecule has 0 unspecified atom stereocenters. The van der Waals surface area contributed by atoms with E-state index in [1.165, 1.54) is 5.56 Å². The summed E-state index contributed by atoms with van der Waals surface area (Å²) in [5, 5.41) is 3.23. The first-order valence-corrected chi connectivity index (χ1v) is 9.06. The summed E-state index contributed by atoms with van der Waals surface area (Å²) < 4.78 is 10.8. The molecule has 0 bridgehead atoms. The fourth-order valence-corrected chi connectivity index (χ4v) is 3.27. The van der Waals surface area contributed by atoms with E-state index >= 15 is 0 Å². The van der Waals surface area contributed by atoms with Crippen LogP contribution in [0, 0.1) is 6.92 Å². The number of amides is 1. The lowest BCUT2D eigenvalue weighted by Crippen LogP contribution is -2.36. The number of rotatable bonds is 5. The largest absolute Gasteiger partial charge is 0.493 e. The number of methoxy groups -OCH3 is 2. The fourth-order valence-electron chi connectivity index (χ4n) is 3.27. The number of ether oxygens (including phenoxy) is 2. The van der Waals surface area contributed by atoms with Gasteiger partial charge in [-0.25, -0.2) is 9.97 Å². The molecule has 1 amide bonds. The van der Waals surface area contributed by atoms with Gasteiger partial charge in [0, 0.05) is 25.2 Å². The summed E-state index contributed by atoms with van der Waals surface area (Å²) in [6.45, 7) is 7.01. The molecule has 2 aromatic rings. The second-order valence-electron chi connectivity index (χ2n) is 6.94. The number of aromatic nitrogens is 2. The summed E-state index contributed by atoms with van der Waals surface area (Å²) in [4.78, 5) is 23.5. The molecule has 1 aliphatic heterocycles. The number of carbonyl (C=O) groups is 1. The van der Waals surface area contributed by atoms with E-state index in [0.717, 1.165) is 12.0 Å². The summed E-state index contributed by atoms with van der Waals surface area (Å²) in [5.41, 5.74) is 2.66. The first kappa shape index (κ1) is 18.9. The van der Waals surface area contributed by atoms with Crippen molar-refractivity contribution in [3.05, 3.63) is 40.8 Å². The number of hydrogen-bond donors (Lipinski definition) is 1. The van der Waals surface area contributed by atoms with Crippen molar-refractivity contribution in [2.75, 3.05) is 26.1 Å². The van der Waals surface area contributed by atoms with Crippen molar-refractivity contribution in [1.82, 2.24) is 14.9 Å². The maximum Gasteiger partial charge on any atom is 0.272 e. The summed E-state index contributed by atoms with van der Waals surface area (Å²) in [6, 6.07) is 5.89. The van der Waals surface area contributed by atoms with Crippen LogP contribution < -0.4 is 14.8 Å². The van der Waals surface area contributed by atoms with Gasteiger partial charge in [-0.2, -0.15) is 0 Å². The molecule has 0 spiro atoms. The van der Waals surface area contributed by atoms with Gasteiger partial charge in [0.1, 0.15) is 17.3 Å². The Kier molecular flexibility index (Phi) is 5.48. The van der Waals surface area contributed by atoms with E-state index in [1.807, 2.05) is 30.9 Å². The van der Waals surface area contributed by atoms with Crippen molar-refractivity contribution in [2.45, 2.75) is 39.8 Å². The van der Waals surface area contributed by atoms with Gasteiger partial charge in [0.05, 0.1) is 14.2 Å². The molecule has 1 aromatic heterocycles. The molecular formula is C20H26N4O3. The molecule has 1 N–H and O–H groups in total. The van der Waals surface area contributed by atoms with Crippen LogP contribution in [0.2, 0.25) is 0 Å². The van der Waals surface area contributed by atoms with E-state index in [2.05, 4.69) is 15.3 Å². The summed E-state index contributed by atoms with van der Waals surface area (Å²) in [6.07, 6.45) is 0.766. The molecule has 7 heteroatoms. The number of nitrogens with one attached hydrogen (secondary N) is 1. The zero-order valence-corrected chi connectivity index (χ0v) is 16.5. The molecule has 1 aliphatic rings. The molecule has 1 aromatic carbocycles. The minimum atomic E-state index is -0.0901. The highest BCUT2D eigenvalue weighted by Crippen LogP contribution is 2.33. The Balaban J connectivity index is 1.84. The topological polar surface area (TPSA) is 76.6 Å². The van der Waals surface area contributed by atoms with Crippen molar-refractivity contribution in [2.24, 2.45) is 0 Å². The third-order valence-electron chi connectivity index (χ3n) is 4.50. The Morgan fingerprint density at radius 2 is 1.78 bits per heavy atom. The Hall–Kier alpha value is -2.83. The maximum absolute atomic E-state index is 13.0. The number of nitrogens with zero attached hydrogens (tertiary/aromatic N) is 3. The van der Waals surface area contributed by atoms with Crippen molar-refractivity contribution in [1.29, 1.82) is 0 Å². The van der Waals surface area contributed by atoms with Gasteiger partial charge < -0.3 is 19.7 Å². The van der Waals surface area contributed by atoms with E-state index in [-0.39, 0.29) is 11.9 Å². The van der Waals surface area contributed by atoms with E-state index in [0.29, 0.717) is 41.9 Å². The van der Waals surface area contributed by atoms with Crippen LogP contribution in [-0.2, 0) is 13.0 Å². The maximum atomic E-state index is 13.0. The van der Waals surface area contributed by atoms with Crippen LogP contribution in [0.15, 0.2) is 18.2 Å². The van der Waals surface area contributed by atoms with Gasteiger partial charge in [0.15, 0.2) is 11.5 Å². The molecule has 0 saturated carbocycles. The average molecular weight is 370 g/mol. The highest BCUT2D eigenvalue weighted by Gasteiger charge is 2.25. The highest BCUT2D eigenvalue weighted by molar-refractivity contribution is 5.93. The van der Waals surface area contributed by atoms with Crippen LogP contribution in [0.3, 0.4) is 0 Å². The van der Waals surface area contributed by atoms with Crippen molar-refractivity contribution in [3.8, 4) is 11.5 Å². The van der Waals surface area contributed by atoms with Crippen molar-refractivity contribution >= 4 is 11.7 Å². The van der Waals surface area contributed by atoms with Crippen LogP contribution in [0.5, 0.6) is 11.5 Å². The van der Waals surface area contributed by atoms with Gasteiger partial charge in [-0.15, -0.1) is 0 Å². The average Bonchev–Trinajstić information content (AvgIpc) is 2.64. The minimum Gasteiger partial charge on any atom is -0.493 e. The van der Waals surface area contributed by atoms with E-state index < -0.39 is 0 Å². The third kappa shape index (κ3) is 4.13. The molecule has 0 aliphatic carbocycles. The predicted octanol–water partition coefficient (Wildman–Crippen LogP) is 2.82. The molecule has 2 heterocycles. The van der Waals surface area contributed by atoms with Crippen LogP contribution >= 0.6 is 0 Å². The molecule has 0 radical (unpaired) electrons. The van der Waals surface area contributed by atoms with Crippen LogP contribution in [0.1, 0.15) is 41.3 Å². The number of carbonyl (C=O) groups excluding carboxylic acids is 1. The summed E-state index contributed by atoms with van der Waals surface area (Å²) in [7, 11) is 3.24. The van der Waals surface area contributed by atoms with Crippen LogP contribution in [0.25, 0.3) is 0 Å². The zero-order chi connectivity index (χ0) is 19.6. The van der Waals surface area contributed by atoms with Gasteiger partial charge in [0.25, 0.3) is 5.91 Å².